The number of rotatable bonds is 2. The van der Waals surface area contributed by atoms with E-state index < -0.39 is 0 Å². The van der Waals surface area contributed by atoms with Gasteiger partial charge in [0, 0.05) is 11.9 Å². The molecule has 0 atom stereocenters. The lowest BCUT2D eigenvalue weighted by Gasteiger charge is -2.12. The van der Waals surface area contributed by atoms with Crippen molar-refractivity contribution in [3.05, 3.63) is 22.3 Å². The van der Waals surface area contributed by atoms with Gasteiger partial charge in [-0.3, -0.25) is 5.43 Å². The molecule has 0 saturated heterocycles. The molecule has 86 valence electrons. The van der Waals surface area contributed by atoms with Gasteiger partial charge in [0.05, 0.1) is 10.0 Å². The maximum absolute atomic E-state index is 5.97. The van der Waals surface area contributed by atoms with Gasteiger partial charge in [-0.2, -0.15) is 5.10 Å². The van der Waals surface area contributed by atoms with Gasteiger partial charge in [-0.1, -0.05) is 29.6 Å². The fourth-order valence-corrected chi connectivity index (χ4v) is 2.12. The van der Waals surface area contributed by atoms with Crippen molar-refractivity contribution < 1.29 is 0 Å². The number of anilines is 1. The van der Waals surface area contributed by atoms with Crippen LogP contribution < -0.4 is 5.43 Å². The second kappa shape index (κ2) is 5.51. The first-order chi connectivity index (χ1) is 7.75. The Balaban J connectivity index is 2.03. The Morgan fingerprint density at radius 1 is 1.19 bits per heavy atom. The van der Waals surface area contributed by atoms with Crippen LogP contribution in [-0.4, -0.2) is 10.7 Å². The van der Waals surface area contributed by atoms with Crippen LogP contribution in [0.3, 0.4) is 0 Å². The van der Waals surface area contributed by atoms with Crippen LogP contribution in [0.15, 0.2) is 17.4 Å². The Bertz CT molecular complexity index is 396. The molecule has 0 aromatic carbocycles. The number of nitrogens with zero attached hydrogens (tertiary/aromatic N) is 2. The number of aromatic nitrogens is 1. The number of hydrogen-bond donors (Lipinski definition) is 1. The monoisotopic (exact) mass is 257 g/mol. The van der Waals surface area contributed by atoms with Gasteiger partial charge in [-0.05, 0) is 31.7 Å². The van der Waals surface area contributed by atoms with Crippen LogP contribution in [0.1, 0.15) is 32.1 Å². The highest BCUT2D eigenvalue weighted by molar-refractivity contribution is 6.35. The molecule has 0 amide bonds. The van der Waals surface area contributed by atoms with Crippen molar-refractivity contribution in [2.24, 2.45) is 5.10 Å². The van der Waals surface area contributed by atoms with Crippen LogP contribution in [0.2, 0.25) is 10.0 Å². The van der Waals surface area contributed by atoms with Gasteiger partial charge in [0.2, 0.25) is 0 Å². The second-order valence-electron chi connectivity index (χ2n) is 3.83. The van der Waals surface area contributed by atoms with E-state index in [9.17, 15) is 0 Å². The van der Waals surface area contributed by atoms with Gasteiger partial charge in [0.25, 0.3) is 0 Å². The highest BCUT2D eigenvalue weighted by Crippen LogP contribution is 2.23. The van der Waals surface area contributed by atoms with Gasteiger partial charge in [-0.25, -0.2) is 4.98 Å². The quantitative estimate of drug-likeness (QED) is 0.810. The summed E-state index contributed by atoms with van der Waals surface area (Å²) < 4.78 is 0. The van der Waals surface area contributed by atoms with Gasteiger partial charge in [-0.15, -0.1) is 0 Å². The van der Waals surface area contributed by atoms with Gasteiger partial charge >= 0.3 is 0 Å². The van der Waals surface area contributed by atoms with Crippen LogP contribution in [0.25, 0.3) is 0 Å². The zero-order valence-corrected chi connectivity index (χ0v) is 10.4. The first-order valence-electron chi connectivity index (χ1n) is 5.38. The van der Waals surface area contributed by atoms with E-state index in [4.69, 9.17) is 23.2 Å². The molecule has 1 heterocycles. The second-order valence-corrected chi connectivity index (χ2v) is 4.68. The van der Waals surface area contributed by atoms with Crippen LogP contribution in [0, 0.1) is 0 Å². The molecule has 1 aromatic heterocycles. The molecule has 2 rings (SSSR count). The molecule has 3 nitrogen and oxygen atoms in total. The third-order valence-electron chi connectivity index (χ3n) is 2.56. The summed E-state index contributed by atoms with van der Waals surface area (Å²) in [5, 5.41) is 5.34. The zero-order chi connectivity index (χ0) is 11.4. The molecule has 1 aromatic rings. The highest BCUT2D eigenvalue weighted by atomic mass is 35.5. The third-order valence-corrected chi connectivity index (χ3v) is 3.05. The molecule has 0 aliphatic heterocycles. The minimum atomic E-state index is 0.493. The van der Waals surface area contributed by atoms with Crippen molar-refractivity contribution in [1.82, 2.24) is 4.98 Å². The normalized spacial score (nSPS) is 16.0. The summed E-state index contributed by atoms with van der Waals surface area (Å²) in [7, 11) is 0. The van der Waals surface area contributed by atoms with Crippen LogP contribution >= 0.6 is 23.2 Å². The number of halogens is 2. The average Bonchev–Trinajstić information content (AvgIpc) is 2.29. The summed E-state index contributed by atoms with van der Waals surface area (Å²) in [6, 6.07) is 1.65. The van der Waals surface area contributed by atoms with Crippen LogP contribution in [0.4, 0.5) is 5.82 Å². The van der Waals surface area contributed by atoms with Gasteiger partial charge < -0.3 is 0 Å². The van der Waals surface area contributed by atoms with E-state index in [1.54, 1.807) is 12.3 Å². The van der Waals surface area contributed by atoms with E-state index in [-0.39, 0.29) is 0 Å². The fourth-order valence-electron chi connectivity index (χ4n) is 1.70. The molecule has 1 aliphatic rings. The summed E-state index contributed by atoms with van der Waals surface area (Å²) in [5.74, 6) is 0.559. The fraction of sp³-hybridized carbons (Fsp3) is 0.455. The minimum Gasteiger partial charge on any atom is -0.260 e. The summed E-state index contributed by atoms with van der Waals surface area (Å²) in [6.07, 6.45) is 7.44. The summed E-state index contributed by atoms with van der Waals surface area (Å²) in [5.41, 5.74) is 4.09. The van der Waals surface area contributed by atoms with E-state index in [2.05, 4.69) is 15.5 Å². The minimum absolute atomic E-state index is 0.493. The molecule has 1 aliphatic carbocycles. The predicted octanol–water partition coefficient (Wildman–Crippen LogP) is 4.12. The highest BCUT2D eigenvalue weighted by Gasteiger charge is 2.07. The predicted molar refractivity (Wildman–Crippen MR) is 68.4 cm³/mol. The Kier molecular flexibility index (Phi) is 4.02. The maximum atomic E-state index is 5.97. The van der Waals surface area contributed by atoms with E-state index >= 15 is 0 Å². The molecule has 0 bridgehead atoms. The molecular weight excluding hydrogens is 245 g/mol. The summed E-state index contributed by atoms with van der Waals surface area (Å²) >= 11 is 11.7. The van der Waals surface area contributed by atoms with Crippen LogP contribution in [-0.2, 0) is 0 Å². The SMILES string of the molecule is Clc1cnc(NN=C2CCCCC2)c(Cl)c1. The van der Waals surface area contributed by atoms with E-state index in [1.165, 1.54) is 25.0 Å². The maximum Gasteiger partial charge on any atom is 0.165 e. The van der Waals surface area contributed by atoms with Crippen molar-refractivity contribution in [2.45, 2.75) is 32.1 Å². The standard InChI is InChI=1S/C11H13Cl2N3/c12-8-6-10(13)11(14-7-8)16-15-9-4-2-1-3-5-9/h6-7H,1-5H2,(H,14,16). The third kappa shape index (κ3) is 3.09. The lowest BCUT2D eigenvalue weighted by molar-refractivity contribution is 0.665. The first kappa shape index (κ1) is 11.7. The first-order valence-corrected chi connectivity index (χ1v) is 6.14. The van der Waals surface area contributed by atoms with Crippen LogP contribution in [0.5, 0.6) is 0 Å². The number of nitrogens with one attached hydrogen (secondary N) is 1. The van der Waals surface area contributed by atoms with E-state index in [0.717, 1.165) is 12.8 Å². The number of hydrazone groups is 1. The zero-order valence-electron chi connectivity index (χ0n) is 8.84. The molecule has 1 N–H and O–H groups in total. The lowest BCUT2D eigenvalue weighted by atomic mass is 9.99. The molecular formula is C11H13Cl2N3. The molecule has 1 saturated carbocycles. The van der Waals surface area contributed by atoms with Crippen molar-refractivity contribution in [3.63, 3.8) is 0 Å². The molecule has 1 fully saturated rings. The molecule has 0 spiro atoms. The number of hydrogen-bond acceptors (Lipinski definition) is 3. The smallest absolute Gasteiger partial charge is 0.165 e. The number of pyridine rings is 1. The van der Waals surface area contributed by atoms with E-state index in [1.807, 2.05) is 0 Å². The summed E-state index contributed by atoms with van der Waals surface area (Å²) in [4.78, 5) is 4.08. The average molecular weight is 258 g/mol. The molecule has 0 unspecified atom stereocenters. The van der Waals surface area contributed by atoms with Crippen molar-refractivity contribution >= 4 is 34.7 Å². The Morgan fingerprint density at radius 3 is 2.62 bits per heavy atom. The van der Waals surface area contributed by atoms with Crippen molar-refractivity contribution in [1.29, 1.82) is 0 Å². The van der Waals surface area contributed by atoms with Gasteiger partial charge in [0.1, 0.15) is 0 Å². The van der Waals surface area contributed by atoms with Crippen molar-refractivity contribution in [2.75, 3.05) is 5.43 Å². The topological polar surface area (TPSA) is 37.3 Å². The van der Waals surface area contributed by atoms with Gasteiger partial charge in [0.15, 0.2) is 5.82 Å². The Labute approximate surface area is 105 Å². The lowest BCUT2D eigenvalue weighted by Crippen LogP contribution is -2.07. The molecule has 5 heteroatoms. The Morgan fingerprint density at radius 2 is 1.94 bits per heavy atom. The molecule has 0 radical (unpaired) electrons. The largest absolute Gasteiger partial charge is 0.260 e. The summed E-state index contributed by atoms with van der Waals surface area (Å²) in [6.45, 7) is 0. The van der Waals surface area contributed by atoms with E-state index in [0.29, 0.717) is 15.9 Å². The Hall–Kier alpha value is -0.800. The van der Waals surface area contributed by atoms with Crippen molar-refractivity contribution in [3.8, 4) is 0 Å². The molecule has 16 heavy (non-hydrogen) atoms.